The Morgan fingerprint density at radius 2 is 0.898 bits per heavy atom. The number of fused-ring (bicyclic) bond motifs is 4. The van der Waals surface area contributed by atoms with E-state index in [1.807, 2.05) is 49.0 Å². The van der Waals surface area contributed by atoms with Crippen molar-refractivity contribution in [2.24, 2.45) is 0 Å². The van der Waals surface area contributed by atoms with Crippen molar-refractivity contribution in [1.82, 2.24) is 0 Å². The number of hydrogen-bond donors (Lipinski definition) is 1. The number of benzene rings is 8. The lowest BCUT2D eigenvalue weighted by molar-refractivity contribution is 0.346. The molecule has 49 heavy (non-hydrogen) atoms. The fourth-order valence-electron chi connectivity index (χ4n) is 6.43. The quantitative estimate of drug-likeness (QED) is 0.169. The van der Waals surface area contributed by atoms with Gasteiger partial charge in [0.2, 0.25) is 0 Å². The molecule has 4 nitrogen and oxygen atoms in total. The molecule has 8 aromatic carbocycles. The van der Waals surface area contributed by atoms with Crippen LogP contribution in [0.25, 0.3) is 43.1 Å². The molecular weight excluding hydrogens is 669 g/mol. The minimum Gasteiger partial charge on any atom is -0.428 e. The van der Waals surface area contributed by atoms with Gasteiger partial charge in [0.05, 0.1) is 0 Å². The van der Waals surface area contributed by atoms with E-state index in [1.165, 1.54) is 10.8 Å². The van der Waals surface area contributed by atoms with E-state index < -0.39 is 27.1 Å². The monoisotopic (exact) mass is 700 g/mol. The molecule has 1 N–H and O–H groups in total. The molecule has 0 amide bonds. The van der Waals surface area contributed by atoms with Gasteiger partial charge in [-0.2, -0.15) is 0 Å². The molecule has 0 fully saturated rings. The van der Waals surface area contributed by atoms with Crippen molar-refractivity contribution in [3.05, 3.63) is 170 Å². The van der Waals surface area contributed by atoms with Gasteiger partial charge in [0, 0.05) is 15.6 Å². The molecule has 0 aromatic heterocycles. The van der Waals surface area contributed by atoms with Gasteiger partial charge in [-0.25, -0.2) is 0 Å². The lowest BCUT2D eigenvalue weighted by Crippen LogP contribution is -2.58. The maximum Gasteiger partial charge on any atom is 0.405 e. The molecular formula is C41H32O4Si4. The van der Waals surface area contributed by atoms with Gasteiger partial charge in [0.25, 0.3) is 9.76 Å². The fourth-order valence-corrected chi connectivity index (χ4v) is 15.6. The normalized spacial score (nSPS) is 13.1. The van der Waals surface area contributed by atoms with E-state index in [2.05, 4.69) is 127 Å². The van der Waals surface area contributed by atoms with Crippen LogP contribution in [-0.2, 0) is 12.3 Å². The van der Waals surface area contributed by atoms with Crippen LogP contribution in [0.15, 0.2) is 170 Å². The topological polar surface area (TPSA) is 47.9 Å². The summed E-state index contributed by atoms with van der Waals surface area (Å²) in [5.74, 6) is 0. The Kier molecular flexibility index (Phi) is 8.94. The zero-order chi connectivity index (χ0) is 33.2. The van der Waals surface area contributed by atoms with Crippen molar-refractivity contribution in [3.63, 3.8) is 0 Å². The summed E-state index contributed by atoms with van der Waals surface area (Å²) in [6.07, 6.45) is 0. The molecule has 8 rings (SSSR count). The van der Waals surface area contributed by atoms with Crippen LogP contribution < -0.4 is 20.7 Å². The summed E-state index contributed by atoms with van der Waals surface area (Å²) < 4.78 is 21.3. The molecule has 0 aliphatic carbocycles. The van der Waals surface area contributed by atoms with Gasteiger partial charge in [-0.15, -0.1) is 0 Å². The Balaban J connectivity index is 1.25. The summed E-state index contributed by atoms with van der Waals surface area (Å²) in [5, 5.41) is 12.7. The van der Waals surface area contributed by atoms with Crippen LogP contribution in [0.5, 0.6) is 0 Å². The van der Waals surface area contributed by atoms with Gasteiger partial charge < -0.3 is 17.1 Å². The van der Waals surface area contributed by atoms with Crippen molar-refractivity contribution in [2.45, 2.75) is 6.55 Å². The third-order valence-electron chi connectivity index (χ3n) is 8.83. The standard InChI is InChI=1S/C41H32O4Si4/c1-49(42,41-29-13-21-33-17-5-9-25-37(33)41)45-48(40-28-12-20-32-16-4-8-24-36(32)40)44-47(39-27-11-19-31-15-3-7-23-35(31)39)43-46-38-26-10-18-30-14-2-6-22-34(30)38/h2-29,42H,1H3. The zero-order valence-corrected chi connectivity index (χ0v) is 30.8. The predicted molar refractivity (Wildman–Crippen MR) is 209 cm³/mol. The molecule has 8 aromatic rings. The maximum absolute atomic E-state index is 12.4. The van der Waals surface area contributed by atoms with Crippen LogP contribution >= 0.6 is 0 Å². The Morgan fingerprint density at radius 1 is 0.469 bits per heavy atom. The SMILES string of the molecule is C[Si](O)(O[Si](O[Si](O[Si]c1cccc2ccccc12)c1cccc2ccccc12)c1cccc2ccccc12)c1cccc2ccccc12. The molecule has 8 heteroatoms. The van der Waals surface area contributed by atoms with E-state index >= 15 is 0 Å². The Morgan fingerprint density at radius 3 is 1.51 bits per heavy atom. The van der Waals surface area contributed by atoms with Gasteiger partial charge in [0.1, 0.15) is 0 Å². The molecule has 0 heterocycles. The summed E-state index contributed by atoms with van der Waals surface area (Å²) in [7, 11) is -8.01. The molecule has 4 radical (unpaired) electrons. The van der Waals surface area contributed by atoms with Gasteiger partial charge in [-0.3, -0.25) is 0 Å². The van der Waals surface area contributed by atoms with Crippen molar-refractivity contribution < 1.29 is 17.1 Å². The van der Waals surface area contributed by atoms with Gasteiger partial charge in [-0.05, 0) is 54.8 Å². The van der Waals surface area contributed by atoms with Crippen molar-refractivity contribution in [1.29, 1.82) is 0 Å². The average molecular weight is 701 g/mol. The molecule has 0 aliphatic heterocycles. The summed E-state index contributed by atoms with van der Waals surface area (Å²) in [4.78, 5) is 12.4. The molecule has 0 aliphatic rings. The first-order valence-electron chi connectivity index (χ1n) is 16.2. The first-order chi connectivity index (χ1) is 24.0. The van der Waals surface area contributed by atoms with Crippen molar-refractivity contribution in [2.75, 3.05) is 0 Å². The molecule has 0 saturated carbocycles. The smallest absolute Gasteiger partial charge is 0.405 e. The lowest BCUT2D eigenvalue weighted by Gasteiger charge is -2.30. The molecule has 236 valence electrons. The molecule has 0 saturated heterocycles. The van der Waals surface area contributed by atoms with E-state index in [-0.39, 0.29) is 9.76 Å². The third kappa shape index (κ3) is 6.49. The second-order valence-corrected chi connectivity index (χ2v) is 20.0. The summed E-state index contributed by atoms with van der Waals surface area (Å²) in [5.41, 5.74) is 0. The van der Waals surface area contributed by atoms with Crippen LogP contribution in [-0.4, -0.2) is 41.7 Å². The predicted octanol–water partition coefficient (Wildman–Crippen LogP) is 6.36. The highest BCUT2D eigenvalue weighted by atomic mass is 28.5. The Hall–Kier alpha value is -4.49. The largest absolute Gasteiger partial charge is 0.428 e. The minimum absolute atomic E-state index is 0.0515. The second-order valence-electron chi connectivity index (χ2n) is 12.1. The Bertz CT molecular complexity index is 2410. The van der Waals surface area contributed by atoms with E-state index in [9.17, 15) is 4.80 Å². The first-order valence-corrected chi connectivity index (χ1v) is 22.1. The molecule has 0 bridgehead atoms. The summed E-state index contributed by atoms with van der Waals surface area (Å²) in [6.45, 7) is 1.86. The van der Waals surface area contributed by atoms with Crippen LogP contribution in [0, 0.1) is 0 Å². The number of hydrogen-bond acceptors (Lipinski definition) is 4. The van der Waals surface area contributed by atoms with Crippen molar-refractivity contribution >= 4 is 101 Å². The molecule has 1 unspecified atom stereocenters. The highest BCUT2D eigenvalue weighted by molar-refractivity contribution is 6.89. The maximum atomic E-state index is 12.4. The minimum atomic E-state index is -3.54. The van der Waals surface area contributed by atoms with Gasteiger partial charge in [-0.1, -0.05) is 170 Å². The fraction of sp³-hybridized carbons (Fsp3) is 0.0244. The number of rotatable bonds is 10. The van der Waals surface area contributed by atoms with E-state index in [0.717, 1.165) is 53.1 Å². The average Bonchev–Trinajstić information content (AvgIpc) is 3.15. The highest BCUT2D eigenvalue weighted by Gasteiger charge is 2.40. The highest BCUT2D eigenvalue weighted by Crippen LogP contribution is 2.20. The van der Waals surface area contributed by atoms with Gasteiger partial charge in [0.15, 0.2) is 0 Å². The van der Waals surface area contributed by atoms with E-state index in [1.54, 1.807) is 0 Å². The second kappa shape index (κ2) is 13.8. The van der Waals surface area contributed by atoms with E-state index in [4.69, 9.17) is 12.3 Å². The Labute approximate surface area is 293 Å². The van der Waals surface area contributed by atoms with Crippen LogP contribution in [0.4, 0.5) is 0 Å². The van der Waals surface area contributed by atoms with Gasteiger partial charge >= 0.3 is 27.1 Å². The van der Waals surface area contributed by atoms with E-state index in [0.29, 0.717) is 0 Å². The van der Waals surface area contributed by atoms with Crippen LogP contribution in [0.1, 0.15) is 0 Å². The molecule has 0 spiro atoms. The van der Waals surface area contributed by atoms with Crippen molar-refractivity contribution in [3.8, 4) is 0 Å². The first kappa shape index (κ1) is 31.8. The summed E-state index contributed by atoms with van der Waals surface area (Å²) in [6, 6.07) is 58.2. The molecule has 1 atom stereocenters. The van der Waals surface area contributed by atoms with Crippen LogP contribution in [0.2, 0.25) is 6.55 Å². The zero-order valence-electron chi connectivity index (χ0n) is 26.8. The van der Waals surface area contributed by atoms with Crippen LogP contribution in [0.3, 0.4) is 0 Å². The lowest BCUT2D eigenvalue weighted by atomic mass is 10.1. The third-order valence-corrected chi connectivity index (χ3v) is 17.6. The summed E-state index contributed by atoms with van der Waals surface area (Å²) >= 11 is 0.